The van der Waals surface area contributed by atoms with Gasteiger partial charge in [-0.3, -0.25) is 4.79 Å². The van der Waals surface area contributed by atoms with Gasteiger partial charge in [-0.25, -0.2) is 0 Å². The number of rotatable bonds is 2. The van der Waals surface area contributed by atoms with Gasteiger partial charge < -0.3 is 5.32 Å². The minimum Gasteiger partial charge on any atom is -0.328 e. The second kappa shape index (κ2) is 6.31. The molecule has 1 aromatic carbocycles. The molecule has 1 amide bonds. The highest BCUT2D eigenvalue weighted by Gasteiger charge is 2.19. The van der Waals surface area contributed by atoms with Crippen LogP contribution in [0.2, 0.25) is 0 Å². The average molecular weight is 221 g/mol. The third kappa shape index (κ3) is 3.69. The van der Waals surface area contributed by atoms with Crippen molar-refractivity contribution in [2.75, 3.05) is 5.32 Å². The van der Waals surface area contributed by atoms with E-state index >= 15 is 0 Å². The van der Waals surface area contributed by atoms with Gasteiger partial charge in [0.15, 0.2) is 0 Å². The molecule has 1 rings (SSSR count). The van der Waals surface area contributed by atoms with Crippen LogP contribution in [-0.2, 0) is 10.2 Å². The summed E-state index contributed by atoms with van der Waals surface area (Å²) >= 11 is 0. The Morgan fingerprint density at radius 2 is 1.75 bits per heavy atom. The summed E-state index contributed by atoms with van der Waals surface area (Å²) in [7, 11) is 0. The molecule has 1 N–H and O–H groups in total. The number of carbonyl (C=O) groups is 1. The smallest absolute Gasteiger partial charge is 0.211 e. The Labute approximate surface area is 99.1 Å². The van der Waals surface area contributed by atoms with Crippen molar-refractivity contribution in [1.82, 2.24) is 0 Å². The van der Waals surface area contributed by atoms with E-state index in [-0.39, 0.29) is 5.41 Å². The molecule has 0 saturated heterocycles. The van der Waals surface area contributed by atoms with Crippen LogP contribution >= 0.6 is 0 Å². The van der Waals surface area contributed by atoms with Gasteiger partial charge in [-0.05, 0) is 29.5 Å². The van der Waals surface area contributed by atoms with Crippen LogP contribution in [0.25, 0.3) is 0 Å². The highest BCUT2D eigenvalue weighted by Crippen LogP contribution is 2.31. The van der Waals surface area contributed by atoms with E-state index in [1.165, 1.54) is 11.1 Å². The van der Waals surface area contributed by atoms with Crippen LogP contribution in [0.5, 0.6) is 0 Å². The summed E-state index contributed by atoms with van der Waals surface area (Å²) in [6, 6.07) is 5.95. The molecule has 1 aromatic rings. The number of aryl methyl sites for hydroxylation is 1. The second-order valence-corrected chi connectivity index (χ2v) is 4.51. The van der Waals surface area contributed by atoms with Crippen molar-refractivity contribution in [2.45, 2.75) is 47.0 Å². The lowest BCUT2D eigenvalue weighted by Crippen LogP contribution is -2.16. The Kier molecular flexibility index (Phi) is 5.79. The van der Waals surface area contributed by atoms with Crippen LogP contribution < -0.4 is 5.32 Å². The molecule has 16 heavy (non-hydrogen) atoms. The Morgan fingerprint density at radius 1 is 1.19 bits per heavy atom. The summed E-state index contributed by atoms with van der Waals surface area (Å²) in [5.74, 6) is 0. The molecule has 0 bridgehead atoms. The first-order valence-corrected chi connectivity index (χ1v) is 5.77. The first-order valence-electron chi connectivity index (χ1n) is 5.77. The minimum atomic E-state index is 0.0523. The average Bonchev–Trinajstić information content (AvgIpc) is 2.19. The van der Waals surface area contributed by atoms with E-state index in [0.29, 0.717) is 0 Å². The summed E-state index contributed by atoms with van der Waals surface area (Å²) in [5.41, 5.74) is 3.38. The van der Waals surface area contributed by atoms with E-state index in [2.05, 4.69) is 39.1 Å². The van der Waals surface area contributed by atoms with Gasteiger partial charge in [0.25, 0.3) is 0 Å². The molecule has 0 saturated carbocycles. The van der Waals surface area contributed by atoms with E-state index in [4.69, 9.17) is 0 Å². The SMILES string of the molecule is CC.Cc1cccc(NC=O)c1C(C)(C)C. The fourth-order valence-electron chi connectivity index (χ4n) is 1.85. The zero-order valence-corrected chi connectivity index (χ0v) is 11.2. The number of benzene rings is 1. The lowest BCUT2D eigenvalue weighted by Gasteiger charge is -2.24. The topological polar surface area (TPSA) is 29.1 Å². The summed E-state index contributed by atoms with van der Waals surface area (Å²) in [6.07, 6.45) is 0.726. The van der Waals surface area contributed by atoms with E-state index in [0.717, 1.165) is 12.1 Å². The van der Waals surface area contributed by atoms with Crippen molar-refractivity contribution in [2.24, 2.45) is 0 Å². The van der Waals surface area contributed by atoms with Crippen LogP contribution in [0, 0.1) is 6.92 Å². The van der Waals surface area contributed by atoms with Gasteiger partial charge in [0.2, 0.25) is 6.41 Å². The van der Waals surface area contributed by atoms with Crippen molar-refractivity contribution >= 4 is 12.1 Å². The molecule has 0 heterocycles. The predicted molar refractivity (Wildman–Crippen MR) is 70.9 cm³/mol. The van der Waals surface area contributed by atoms with Gasteiger partial charge in [-0.1, -0.05) is 46.8 Å². The molecular formula is C14H23NO. The molecule has 0 fully saturated rings. The summed E-state index contributed by atoms with van der Waals surface area (Å²) in [5, 5.41) is 2.74. The van der Waals surface area contributed by atoms with Crippen molar-refractivity contribution in [1.29, 1.82) is 0 Å². The molecule has 0 radical (unpaired) electrons. The number of hydrogen-bond acceptors (Lipinski definition) is 1. The Morgan fingerprint density at radius 3 is 2.19 bits per heavy atom. The summed E-state index contributed by atoms with van der Waals surface area (Å²) < 4.78 is 0. The van der Waals surface area contributed by atoms with Crippen LogP contribution in [0.3, 0.4) is 0 Å². The lowest BCUT2D eigenvalue weighted by molar-refractivity contribution is -0.105. The van der Waals surface area contributed by atoms with Gasteiger partial charge in [0.1, 0.15) is 0 Å². The molecule has 0 atom stereocenters. The van der Waals surface area contributed by atoms with E-state index in [9.17, 15) is 4.79 Å². The molecule has 0 aliphatic rings. The van der Waals surface area contributed by atoms with Gasteiger partial charge in [-0.2, -0.15) is 0 Å². The molecule has 2 heteroatoms. The fourth-order valence-corrected chi connectivity index (χ4v) is 1.85. The predicted octanol–water partition coefficient (Wildman–Crippen LogP) is 3.89. The molecule has 0 aromatic heterocycles. The highest BCUT2D eigenvalue weighted by atomic mass is 16.1. The number of carbonyl (C=O) groups excluding carboxylic acids is 1. The normalized spacial score (nSPS) is 10.1. The monoisotopic (exact) mass is 221 g/mol. The van der Waals surface area contributed by atoms with Gasteiger partial charge in [0, 0.05) is 5.69 Å². The Bertz CT molecular complexity index is 337. The van der Waals surface area contributed by atoms with Crippen molar-refractivity contribution in [3.8, 4) is 0 Å². The van der Waals surface area contributed by atoms with Crippen LogP contribution in [0.15, 0.2) is 18.2 Å². The van der Waals surface area contributed by atoms with Crippen molar-refractivity contribution in [3.63, 3.8) is 0 Å². The Hall–Kier alpha value is -1.31. The van der Waals surface area contributed by atoms with Crippen LogP contribution in [-0.4, -0.2) is 6.41 Å². The van der Waals surface area contributed by atoms with Gasteiger partial charge in [-0.15, -0.1) is 0 Å². The number of anilines is 1. The first-order chi connectivity index (χ1) is 7.46. The zero-order valence-electron chi connectivity index (χ0n) is 11.2. The summed E-state index contributed by atoms with van der Waals surface area (Å²) in [4.78, 5) is 10.5. The largest absolute Gasteiger partial charge is 0.328 e. The maximum atomic E-state index is 10.5. The molecule has 0 aliphatic carbocycles. The van der Waals surface area contributed by atoms with Gasteiger partial charge in [0.05, 0.1) is 0 Å². The fraction of sp³-hybridized carbons (Fsp3) is 0.500. The van der Waals surface area contributed by atoms with Crippen LogP contribution in [0.4, 0.5) is 5.69 Å². The standard InChI is InChI=1S/C12H17NO.C2H6/c1-9-6-5-7-10(13-8-14)11(9)12(2,3)4;1-2/h5-8H,1-4H3,(H,13,14);1-2H3. The van der Waals surface area contributed by atoms with E-state index < -0.39 is 0 Å². The minimum absolute atomic E-state index is 0.0523. The molecule has 0 aliphatic heterocycles. The molecule has 90 valence electrons. The Balaban J connectivity index is 0.00000106. The third-order valence-corrected chi connectivity index (χ3v) is 2.24. The number of hydrogen-bond donors (Lipinski definition) is 1. The maximum Gasteiger partial charge on any atom is 0.211 e. The van der Waals surface area contributed by atoms with Crippen molar-refractivity contribution in [3.05, 3.63) is 29.3 Å². The lowest BCUT2D eigenvalue weighted by atomic mass is 9.83. The first kappa shape index (κ1) is 14.7. The van der Waals surface area contributed by atoms with E-state index in [1.807, 2.05) is 26.0 Å². The molecule has 0 unspecified atom stereocenters. The number of nitrogens with one attached hydrogen (secondary N) is 1. The van der Waals surface area contributed by atoms with E-state index in [1.54, 1.807) is 0 Å². The molecule has 0 spiro atoms. The zero-order chi connectivity index (χ0) is 12.8. The third-order valence-electron chi connectivity index (χ3n) is 2.24. The second-order valence-electron chi connectivity index (χ2n) is 4.51. The molecular weight excluding hydrogens is 198 g/mol. The quantitative estimate of drug-likeness (QED) is 0.754. The van der Waals surface area contributed by atoms with Crippen LogP contribution in [0.1, 0.15) is 45.7 Å². The van der Waals surface area contributed by atoms with Gasteiger partial charge >= 0.3 is 0 Å². The number of amides is 1. The van der Waals surface area contributed by atoms with Crippen molar-refractivity contribution < 1.29 is 4.79 Å². The molecule has 2 nitrogen and oxygen atoms in total. The maximum absolute atomic E-state index is 10.5. The summed E-state index contributed by atoms with van der Waals surface area (Å²) in [6.45, 7) is 12.5. The highest BCUT2D eigenvalue weighted by molar-refractivity contribution is 5.75.